The molecular formula is C11H13ClN2. The molecular weight excluding hydrogens is 196 g/mol. The van der Waals surface area contributed by atoms with Crippen molar-refractivity contribution in [2.45, 2.75) is 26.3 Å². The summed E-state index contributed by atoms with van der Waals surface area (Å²) in [7, 11) is 0. The van der Waals surface area contributed by atoms with Crippen LogP contribution in [0, 0.1) is 18.3 Å². The van der Waals surface area contributed by atoms with Gasteiger partial charge in [-0.05, 0) is 31.0 Å². The Morgan fingerprint density at radius 1 is 1.57 bits per heavy atom. The molecule has 3 heteroatoms. The number of hydrogen-bond donors (Lipinski definition) is 1. The van der Waals surface area contributed by atoms with Crippen LogP contribution >= 0.6 is 11.6 Å². The maximum absolute atomic E-state index is 8.80. The number of rotatable bonds is 3. The lowest BCUT2D eigenvalue weighted by molar-refractivity contribution is 0.844. The van der Waals surface area contributed by atoms with Gasteiger partial charge in [0.1, 0.15) is 6.04 Å². The van der Waals surface area contributed by atoms with E-state index in [1.165, 1.54) is 0 Å². The minimum atomic E-state index is -0.146. The van der Waals surface area contributed by atoms with Gasteiger partial charge >= 0.3 is 0 Å². The molecule has 0 amide bonds. The molecule has 0 fully saturated rings. The Kier molecular flexibility index (Phi) is 3.79. The molecule has 0 saturated carbocycles. The predicted octanol–water partition coefficient (Wildman–Crippen LogP) is 3.36. The number of nitriles is 1. The third-order valence-corrected chi connectivity index (χ3v) is 2.33. The van der Waals surface area contributed by atoms with E-state index in [0.717, 1.165) is 17.7 Å². The van der Waals surface area contributed by atoms with E-state index in [4.69, 9.17) is 16.9 Å². The lowest BCUT2D eigenvalue weighted by atomic mass is 10.1. The topological polar surface area (TPSA) is 35.8 Å². The average molecular weight is 209 g/mol. The molecule has 1 aromatic carbocycles. The molecule has 0 aliphatic rings. The number of hydrogen-bond acceptors (Lipinski definition) is 2. The summed E-state index contributed by atoms with van der Waals surface area (Å²) < 4.78 is 0. The van der Waals surface area contributed by atoms with Crippen LogP contribution in [0.3, 0.4) is 0 Å². The van der Waals surface area contributed by atoms with E-state index >= 15 is 0 Å². The largest absolute Gasteiger partial charge is 0.370 e. The van der Waals surface area contributed by atoms with Crippen molar-refractivity contribution in [1.82, 2.24) is 0 Å². The van der Waals surface area contributed by atoms with Crippen molar-refractivity contribution in [3.05, 3.63) is 28.8 Å². The Labute approximate surface area is 89.5 Å². The number of benzene rings is 1. The smallest absolute Gasteiger partial charge is 0.114 e. The first-order valence-corrected chi connectivity index (χ1v) is 4.97. The van der Waals surface area contributed by atoms with E-state index in [1.54, 1.807) is 0 Å². The van der Waals surface area contributed by atoms with E-state index in [1.807, 2.05) is 32.0 Å². The van der Waals surface area contributed by atoms with Gasteiger partial charge in [-0.2, -0.15) is 5.26 Å². The highest BCUT2D eigenvalue weighted by Crippen LogP contribution is 2.21. The summed E-state index contributed by atoms with van der Waals surface area (Å²) in [6, 6.07) is 7.67. The van der Waals surface area contributed by atoms with Crippen molar-refractivity contribution in [2.75, 3.05) is 5.32 Å². The zero-order valence-electron chi connectivity index (χ0n) is 8.34. The molecule has 0 radical (unpaired) electrons. The SMILES string of the molecule is CCC(C#N)Nc1cc(Cl)ccc1C. The standard InChI is InChI=1S/C11H13ClN2/c1-3-10(7-13)14-11-6-9(12)5-4-8(11)2/h4-6,10,14H,3H2,1-2H3. The Morgan fingerprint density at radius 2 is 2.29 bits per heavy atom. The maximum Gasteiger partial charge on any atom is 0.114 e. The van der Waals surface area contributed by atoms with Gasteiger partial charge in [0.15, 0.2) is 0 Å². The zero-order chi connectivity index (χ0) is 10.6. The monoisotopic (exact) mass is 208 g/mol. The van der Waals surface area contributed by atoms with Crippen LogP contribution in [0.4, 0.5) is 5.69 Å². The Bertz CT molecular complexity index is 355. The van der Waals surface area contributed by atoms with Gasteiger partial charge in [-0.25, -0.2) is 0 Å². The second-order valence-corrected chi connectivity index (χ2v) is 3.63. The van der Waals surface area contributed by atoms with Crippen LogP contribution < -0.4 is 5.32 Å². The van der Waals surface area contributed by atoms with Crippen molar-refractivity contribution in [3.63, 3.8) is 0 Å². The van der Waals surface area contributed by atoms with Gasteiger partial charge < -0.3 is 5.32 Å². The molecule has 1 atom stereocenters. The van der Waals surface area contributed by atoms with Crippen LogP contribution in [0.15, 0.2) is 18.2 Å². The third kappa shape index (κ3) is 2.65. The maximum atomic E-state index is 8.80. The molecule has 1 N–H and O–H groups in total. The molecule has 0 saturated heterocycles. The lowest BCUT2D eigenvalue weighted by Gasteiger charge is -2.13. The molecule has 1 unspecified atom stereocenters. The fourth-order valence-electron chi connectivity index (χ4n) is 1.16. The molecule has 0 aliphatic heterocycles. The molecule has 0 aliphatic carbocycles. The summed E-state index contributed by atoms with van der Waals surface area (Å²) >= 11 is 5.86. The van der Waals surface area contributed by atoms with Crippen LogP contribution in [0.1, 0.15) is 18.9 Å². The molecule has 1 aromatic rings. The van der Waals surface area contributed by atoms with Gasteiger partial charge in [0, 0.05) is 10.7 Å². The van der Waals surface area contributed by atoms with Crippen molar-refractivity contribution in [2.24, 2.45) is 0 Å². The van der Waals surface area contributed by atoms with Crippen LogP contribution in [0.5, 0.6) is 0 Å². The van der Waals surface area contributed by atoms with Gasteiger partial charge in [0.25, 0.3) is 0 Å². The summed E-state index contributed by atoms with van der Waals surface area (Å²) in [4.78, 5) is 0. The highest BCUT2D eigenvalue weighted by Gasteiger charge is 2.05. The van der Waals surface area contributed by atoms with E-state index in [-0.39, 0.29) is 6.04 Å². The number of nitrogens with one attached hydrogen (secondary N) is 1. The molecule has 0 heterocycles. The highest BCUT2D eigenvalue weighted by molar-refractivity contribution is 6.30. The molecule has 0 aromatic heterocycles. The third-order valence-electron chi connectivity index (χ3n) is 2.09. The quantitative estimate of drug-likeness (QED) is 0.827. The molecule has 74 valence electrons. The fraction of sp³-hybridized carbons (Fsp3) is 0.364. The average Bonchev–Trinajstić information content (AvgIpc) is 2.19. The number of halogens is 1. The van der Waals surface area contributed by atoms with E-state index in [9.17, 15) is 0 Å². The van der Waals surface area contributed by atoms with Crippen molar-refractivity contribution in [3.8, 4) is 6.07 Å². The van der Waals surface area contributed by atoms with Gasteiger partial charge in [-0.3, -0.25) is 0 Å². The molecule has 2 nitrogen and oxygen atoms in total. The first-order valence-electron chi connectivity index (χ1n) is 4.59. The second-order valence-electron chi connectivity index (χ2n) is 3.19. The minimum Gasteiger partial charge on any atom is -0.370 e. The predicted molar refractivity (Wildman–Crippen MR) is 59.5 cm³/mol. The first-order chi connectivity index (χ1) is 6.67. The Morgan fingerprint density at radius 3 is 2.86 bits per heavy atom. The summed E-state index contributed by atoms with van der Waals surface area (Å²) in [5.74, 6) is 0. The second kappa shape index (κ2) is 4.88. The number of aryl methyl sites for hydroxylation is 1. The summed E-state index contributed by atoms with van der Waals surface area (Å²) in [6.45, 7) is 3.96. The van der Waals surface area contributed by atoms with Crippen LogP contribution in [0.2, 0.25) is 5.02 Å². The lowest BCUT2D eigenvalue weighted by Crippen LogP contribution is -2.16. The number of nitrogens with zero attached hydrogens (tertiary/aromatic N) is 1. The van der Waals surface area contributed by atoms with Gasteiger partial charge in [0.2, 0.25) is 0 Å². The van der Waals surface area contributed by atoms with Gasteiger partial charge in [-0.15, -0.1) is 0 Å². The number of anilines is 1. The molecule has 0 bridgehead atoms. The molecule has 14 heavy (non-hydrogen) atoms. The highest BCUT2D eigenvalue weighted by atomic mass is 35.5. The van der Waals surface area contributed by atoms with Crippen molar-refractivity contribution in [1.29, 1.82) is 5.26 Å². The van der Waals surface area contributed by atoms with Gasteiger partial charge in [0.05, 0.1) is 6.07 Å². The van der Waals surface area contributed by atoms with Crippen molar-refractivity contribution >= 4 is 17.3 Å². The molecule has 0 spiro atoms. The molecule has 1 rings (SSSR count). The van der Waals surface area contributed by atoms with Crippen LogP contribution in [-0.2, 0) is 0 Å². The fourth-order valence-corrected chi connectivity index (χ4v) is 1.34. The van der Waals surface area contributed by atoms with E-state index in [0.29, 0.717) is 5.02 Å². The Balaban J connectivity index is 2.86. The normalized spacial score (nSPS) is 11.9. The van der Waals surface area contributed by atoms with Crippen molar-refractivity contribution < 1.29 is 0 Å². The van der Waals surface area contributed by atoms with Crippen LogP contribution in [0.25, 0.3) is 0 Å². The van der Waals surface area contributed by atoms with E-state index < -0.39 is 0 Å². The minimum absolute atomic E-state index is 0.146. The van der Waals surface area contributed by atoms with E-state index in [2.05, 4.69) is 11.4 Å². The Hall–Kier alpha value is -1.20. The summed E-state index contributed by atoms with van der Waals surface area (Å²) in [5, 5.41) is 12.6. The van der Waals surface area contributed by atoms with Gasteiger partial charge in [-0.1, -0.05) is 24.6 Å². The first kappa shape index (κ1) is 10.9. The zero-order valence-corrected chi connectivity index (χ0v) is 9.10. The summed E-state index contributed by atoms with van der Waals surface area (Å²) in [5.41, 5.74) is 2.04. The summed E-state index contributed by atoms with van der Waals surface area (Å²) in [6.07, 6.45) is 0.780. The van der Waals surface area contributed by atoms with Crippen LogP contribution in [-0.4, -0.2) is 6.04 Å².